The zero-order chi connectivity index (χ0) is 18.4. The second kappa shape index (κ2) is 6.85. The predicted octanol–water partition coefficient (Wildman–Crippen LogP) is 4.50. The molecule has 3 aromatic rings. The van der Waals surface area contributed by atoms with Gasteiger partial charge in [-0.15, -0.1) is 11.3 Å². The van der Waals surface area contributed by atoms with Gasteiger partial charge in [0.15, 0.2) is 5.16 Å². The maximum Gasteiger partial charge on any atom is 0.263 e. The Hall–Kier alpha value is -1.60. The monoisotopic (exact) mass is 389 g/mol. The maximum atomic E-state index is 13.2. The van der Waals surface area contributed by atoms with Crippen molar-refractivity contribution in [3.05, 3.63) is 37.8 Å². The fourth-order valence-electron chi connectivity index (χ4n) is 3.64. The molecule has 3 aromatic heterocycles. The van der Waals surface area contributed by atoms with Crippen molar-refractivity contribution in [3.8, 4) is 0 Å². The van der Waals surface area contributed by atoms with Crippen LogP contribution in [0.3, 0.4) is 0 Å². The molecule has 0 saturated carbocycles. The number of hydrogen-bond acceptors (Lipinski definition) is 6. The van der Waals surface area contributed by atoms with Crippen LogP contribution < -0.4 is 5.56 Å². The molecule has 1 atom stereocenters. The van der Waals surface area contributed by atoms with Gasteiger partial charge in [0.1, 0.15) is 10.6 Å². The first-order valence-corrected chi connectivity index (χ1v) is 10.9. The van der Waals surface area contributed by atoms with Crippen molar-refractivity contribution in [1.82, 2.24) is 14.7 Å². The third-order valence-corrected chi connectivity index (χ3v) is 7.37. The highest BCUT2D eigenvalue weighted by Gasteiger charge is 2.24. The molecule has 0 radical (unpaired) electrons. The highest BCUT2D eigenvalue weighted by molar-refractivity contribution is 7.98. The fourth-order valence-corrected chi connectivity index (χ4v) is 6.28. The van der Waals surface area contributed by atoms with Gasteiger partial charge < -0.3 is 4.52 Å². The van der Waals surface area contributed by atoms with Crippen LogP contribution in [0.15, 0.2) is 14.5 Å². The highest BCUT2D eigenvalue weighted by atomic mass is 32.2. The van der Waals surface area contributed by atoms with Gasteiger partial charge in [-0.05, 0) is 51.5 Å². The molecule has 0 aromatic carbocycles. The lowest BCUT2D eigenvalue weighted by atomic mass is 9.89. The summed E-state index contributed by atoms with van der Waals surface area (Å²) < 4.78 is 7.06. The number of nitrogens with zero attached hydrogens (tertiary/aromatic N) is 3. The predicted molar refractivity (Wildman–Crippen MR) is 106 cm³/mol. The molecular formula is C19H23N3O2S2. The summed E-state index contributed by atoms with van der Waals surface area (Å²) in [5, 5.41) is 5.66. The molecule has 5 nitrogen and oxygen atoms in total. The standard InChI is InChI=1S/C19H23N3O2S2/c1-5-22-18(23)16-13-7-6-10(2)8-15(13)26-17(16)20-19(22)25-9-14-11(3)21-24-12(14)4/h10H,5-9H2,1-4H3/t10-/m1/s1. The van der Waals surface area contributed by atoms with E-state index in [1.807, 2.05) is 25.3 Å². The van der Waals surface area contributed by atoms with E-state index in [-0.39, 0.29) is 5.56 Å². The molecule has 0 unspecified atom stereocenters. The van der Waals surface area contributed by atoms with Gasteiger partial charge in [0.2, 0.25) is 0 Å². The summed E-state index contributed by atoms with van der Waals surface area (Å²) in [4.78, 5) is 20.3. The van der Waals surface area contributed by atoms with E-state index >= 15 is 0 Å². The molecule has 0 fully saturated rings. The number of fused-ring (bicyclic) bond motifs is 3. The van der Waals surface area contributed by atoms with Crippen molar-refractivity contribution in [2.24, 2.45) is 5.92 Å². The number of thiophene rings is 1. The minimum Gasteiger partial charge on any atom is -0.361 e. The first kappa shape index (κ1) is 17.8. The maximum absolute atomic E-state index is 13.2. The Balaban J connectivity index is 1.77. The Kier molecular flexibility index (Phi) is 4.69. The minimum atomic E-state index is 0.116. The van der Waals surface area contributed by atoms with Crippen molar-refractivity contribution in [2.75, 3.05) is 0 Å². The Bertz CT molecular complexity index is 1010. The molecule has 0 bridgehead atoms. The smallest absolute Gasteiger partial charge is 0.263 e. The molecule has 0 aliphatic heterocycles. The van der Waals surface area contributed by atoms with E-state index in [1.54, 1.807) is 23.1 Å². The average Bonchev–Trinajstić information content (AvgIpc) is 3.12. The van der Waals surface area contributed by atoms with Crippen molar-refractivity contribution in [2.45, 2.75) is 64.4 Å². The summed E-state index contributed by atoms with van der Waals surface area (Å²) in [6.45, 7) is 8.80. The van der Waals surface area contributed by atoms with Gasteiger partial charge >= 0.3 is 0 Å². The van der Waals surface area contributed by atoms with Gasteiger partial charge in [-0.3, -0.25) is 9.36 Å². The Morgan fingerprint density at radius 1 is 1.38 bits per heavy atom. The number of aryl methyl sites for hydroxylation is 3. The van der Waals surface area contributed by atoms with E-state index in [2.05, 4.69) is 12.1 Å². The van der Waals surface area contributed by atoms with Crippen LogP contribution in [0.5, 0.6) is 0 Å². The Morgan fingerprint density at radius 3 is 2.88 bits per heavy atom. The third kappa shape index (κ3) is 2.91. The first-order valence-electron chi connectivity index (χ1n) is 9.09. The second-order valence-corrected chi connectivity index (χ2v) is 9.09. The number of thioether (sulfide) groups is 1. The molecule has 3 heterocycles. The molecule has 0 amide bonds. The SMILES string of the molecule is CCn1c(SCc2c(C)noc2C)nc2sc3c(c2c1=O)CC[C@@H](C)C3. The van der Waals surface area contributed by atoms with Crippen LogP contribution in [0.25, 0.3) is 10.2 Å². The minimum absolute atomic E-state index is 0.116. The van der Waals surface area contributed by atoms with Gasteiger partial charge in [-0.25, -0.2) is 4.98 Å². The van der Waals surface area contributed by atoms with Gasteiger partial charge in [0.05, 0.1) is 11.1 Å². The van der Waals surface area contributed by atoms with Gasteiger partial charge in [-0.1, -0.05) is 23.8 Å². The van der Waals surface area contributed by atoms with Crippen LogP contribution in [-0.2, 0) is 25.1 Å². The van der Waals surface area contributed by atoms with Crippen molar-refractivity contribution >= 4 is 33.3 Å². The second-order valence-electron chi connectivity index (χ2n) is 7.07. The Labute approximate surface area is 160 Å². The van der Waals surface area contributed by atoms with Crippen LogP contribution in [0.2, 0.25) is 0 Å². The lowest BCUT2D eigenvalue weighted by Crippen LogP contribution is -2.23. The molecule has 0 saturated heterocycles. The number of aromatic nitrogens is 3. The van der Waals surface area contributed by atoms with Crippen LogP contribution in [0, 0.1) is 19.8 Å². The summed E-state index contributed by atoms with van der Waals surface area (Å²) >= 11 is 3.30. The average molecular weight is 390 g/mol. The van der Waals surface area contributed by atoms with Crippen molar-refractivity contribution in [1.29, 1.82) is 0 Å². The van der Waals surface area contributed by atoms with Gasteiger partial charge in [0, 0.05) is 22.7 Å². The Morgan fingerprint density at radius 2 is 2.19 bits per heavy atom. The molecule has 26 heavy (non-hydrogen) atoms. The quantitative estimate of drug-likeness (QED) is 0.486. The first-order chi connectivity index (χ1) is 12.5. The van der Waals surface area contributed by atoms with Crippen molar-refractivity contribution in [3.63, 3.8) is 0 Å². The summed E-state index contributed by atoms with van der Waals surface area (Å²) in [5.74, 6) is 2.24. The third-order valence-electron chi connectivity index (χ3n) is 5.22. The summed E-state index contributed by atoms with van der Waals surface area (Å²) in [5.41, 5.74) is 3.37. The fraction of sp³-hybridized carbons (Fsp3) is 0.526. The lowest BCUT2D eigenvalue weighted by molar-refractivity contribution is 0.392. The summed E-state index contributed by atoms with van der Waals surface area (Å²) in [6, 6.07) is 0. The zero-order valence-electron chi connectivity index (χ0n) is 15.6. The highest BCUT2D eigenvalue weighted by Crippen LogP contribution is 2.37. The van der Waals surface area contributed by atoms with Crippen LogP contribution in [-0.4, -0.2) is 14.7 Å². The molecule has 0 spiro atoms. The van der Waals surface area contributed by atoms with Crippen molar-refractivity contribution < 1.29 is 4.52 Å². The van der Waals surface area contributed by atoms with Crippen LogP contribution >= 0.6 is 23.1 Å². The number of rotatable bonds is 4. The van der Waals surface area contributed by atoms with Crippen LogP contribution in [0.1, 0.15) is 47.7 Å². The van der Waals surface area contributed by atoms with Gasteiger partial charge in [-0.2, -0.15) is 0 Å². The normalized spacial score (nSPS) is 17.0. The van der Waals surface area contributed by atoms with E-state index in [0.717, 1.165) is 51.7 Å². The molecule has 0 N–H and O–H groups in total. The topological polar surface area (TPSA) is 60.9 Å². The molecule has 1 aliphatic carbocycles. The molecule has 7 heteroatoms. The van der Waals surface area contributed by atoms with Crippen LogP contribution in [0.4, 0.5) is 0 Å². The molecule has 1 aliphatic rings. The van der Waals surface area contributed by atoms with E-state index in [0.29, 0.717) is 18.2 Å². The lowest BCUT2D eigenvalue weighted by Gasteiger charge is -2.17. The van der Waals surface area contributed by atoms with E-state index in [4.69, 9.17) is 9.51 Å². The van der Waals surface area contributed by atoms with E-state index in [9.17, 15) is 4.79 Å². The molecule has 4 rings (SSSR count). The van der Waals surface area contributed by atoms with E-state index in [1.165, 1.54) is 10.4 Å². The summed E-state index contributed by atoms with van der Waals surface area (Å²) in [7, 11) is 0. The summed E-state index contributed by atoms with van der Waals surface area (Å²) in [6.07, 6.45) is 3.24. The largest absolute Gasteiger partial charge is 0.361 e. The molecule has 138 valence electrons. The van der Waals surface area contributed by atoms with Gasteiger partial charge in [0.25, 0.3) is 5.56 Å². The van der Waals surface area contributed by atoms with E-state index < -0.39 is 0 Å². The number of hydrogen-bond donors (Lipinski definition) is 0. The zero-order valence-corrected chi connectivity index (χ0v) is 17.2. The molecular weight excluding hydrogens is 366 g/mol.